The summed E-state index contributed by atoms with van der Waals surface area (Å²) in [5.41, 5.74) is 8.38. The van der Waals surface area contributed by atoms with E-state index in [0.717, 1.165) is 11.3 Å². The number of nitrogens with zero attached hydrogens (tertiary/aromatic N) is 1. The van der Waals surface area contributed by atoms with Crippen molar-refractivity contribution in [1.82, 2.24) is 0 Å². The van der Waals surface area contributed by atoms with Gasteiger partial charge >= 0.3 is 0 Å². The molecule has 2 aromatic rings. The Morgan fingerprint density at radius 3 is 2.74 bits per heavy atom. The molecule has 6 heteroatoms. The van der Waals surface area contributed by atoms with Crippen LogP contribution in [-0.2, 0) is 17.9 Å². The molecule has 0 unspecified atom stereocenters. The third kappa shape index (κ3) is 4.96. The Balaban J connectivity index is 2.07. The molecule has 0 aliphatic heterocycles. The van der Waals surface area contributed by atoms with Crippen LogP contribution in [0.4, 0.5) is 10.1 Å². The number of nitrogens with two attached hydrogens (primary N) is 1. The van der Waals surface area contributed by atoms with Crippen molar-refractivity contribution >= 4 is 11.6 Å². The van der Waals surface area contributed by atoms with Crippen molar-refractivity contribution in [3.8, 4) is 5.75 Å². The van der Waals surface area contributed by atoms with E-state index in [9.17, 15) is 4.39 Å². The van der Waals surface area contributed by atoms with Crippen molar-refractivity contribution in [3.63, 3.8) is 0 Å². The average Bonchev–Trinajstić information content (AvgIpc) is 2.54. The largest absolute Gasteiger partial charge is 0.497 e. The van der Waals surface area contributed by atoms with E-state index in [1.165, 1.54) is 19.2 Å². The van der Waals surface area contributed by atoms with Crippen molar-refractivity contribution in [1.29, 1.82) is 0 Å². The molecule has 0 atom stereocenters. The van der Waals surface area contributed by atoms with Gasteiger partial charge in [0.2, 0.25) is 0 Å². The van der Waals surface area contributed by atoms with E-state index in [1.54, 1.807) is 13.2 Å². The molecule has 23 heavy (non-hydrogen) atoms. The second kappa shape index (κ2) is 8.14. The second-order valence-corrected chi connectivity index (χ2v) is 4.92. The van der Waals surface area contributed by atoms with Gasteiger partial charge in [0.05, 0.1) is 20.3 Å². The molecule has 0 aliphatic rings. The fourth-order valence-corrected chi connectivity index (χ4v) is 2.11. The van der Waals surface area contributed by atoms with Crippen LogP contribution in [0.2, 0.25) is 0 Å². The summed E-state index contributed by atoms with van der Waals surface area (Å²) in [5, 5.41) is 3.03. The SMILES string of the molecule is COCc1ccccc1NC(N)=NCc1cc(F)cc(OC)c1. The molecule has 3 N–H and O–H groups in total. The quantitative estimate of drug-likeness (QED) is 0.635. The lowest BCUT2D eigenvalue weighted by molar-refractivity contribution is 0.185. The summed E-state index contributed by atoms with van der Waals surface area (Å²) in [7, 11) is 3.12. The summed E-state index contributed by atoms with van der Waals surface area (Å²) in [4.78, 5) is 4.23. The highest BCUT2D eigenvalue weighted by molar-refractivity contribution is 5.92. The van der Waals surface area contributed by atoms with Gasteiger partial charge in [-0.3, -0.25) is 0 Å². The number of ether oxygens (including phenoxy) is 2. The molecule has 5 nitrogen and oxygen atoms in total. The first-order chi connectivity index (χ1) is 11.1. The van der Waals surface area contributed by atoms with Crippen molar-refractivity contribution in [3.05, 3.63) is 59.4 Å². The Kier molecular flexibility index (Phi) is 5.94. The van der Waals surface area contributed by atoms with Gasteiger partial charge in [0.1, 0.15) is 11.6 Å². The topological polar surface area (TPSA) is 68.9 Å². The summed E-state index contributed by atoms with van der Waals surface area (Å²) in [6.45, 7) is 0.719. The molecule has 122 valence electrons. The molecule has 2 aromatic carbocycles. The minimum absolute atomic E-state index is 0.247. The van der Waals surface area contributed by atoms with E-state index in [2.05, 4.69) is 10.3 Å². The van der Waals surface area contributed by atoms with Crippen LogP contribution in [0.3, 0.4) is 0 Å². The maximum atomic E-state index is 13.4. The van der Waals surface area contributed by atoms with Crippen molar-refractivity contribution in [2.45, 2.75) is 13.2 Å². The highest BCUT2D eigenvalue weighted by atomic mass is 19.1. The third-order valence-corrected chi connectivity index (χ3v) is 3.18. The molecule has 0 heterocycles. The van der Waals surface area contributed by atoms with Crippen LogP contribution in [0.1, 0.15) is 11.1 Å². The number of halogens is 1. The molecule has 0 aromatic heterocycles. The predicted octanol–water partition coefficient (Wildman–Crippen LogP) is 2.91. The number of anilines is 1. The van der Waals surface area contributed by atoms with Crippen molar-refractivity contribution in [2.24, 2.45) is 10.7 Å². The molecule has 0 saturated heterocycles. The summed E-state index contributed by atoms with van der Waals surface area (Å²) >= 11 is 0. The fraction of sp³-hybridized carbons (Fsp3) is 0.235. The van der Waals surface area contributed by atoms with Gasteiger partial charge in [0.25, 0.3) is 0 Å². The van der Waals surface area contributed by atoms with E-state index in [1.807, 2.05) is 24.3 Å². The molecular formula is C17H20FN3O2. The normalized spacial score (nSPS) is 11.3. The molecule has 0 bridgehead atoms. The minimum atomic E-state index is -0.369. The number of rotatable bonds is 6. The Bertz CT molecular complexity index is 689. The molecule has 2 rings (SSSR count). The standard InChI is InChI=1S/C17H20FN3O2/c1-22-11-13-5-3-4-6-16(13)21-17(19)20-10-12-7-14(18)9-15(8-12)23-2/h3-9H,10-11H2,1-2H3,(H3,19,20,21). The zero-order chi connectivity index (χ0) is 16.7. The van der Waals surface area contributed by atoms with Crippen molar-refractivity contribution in [2.75, 3.05) is 19.5 Å². The van der Waals surface area contributed by atoms with E-state index in [-0.39, 0.29) is 18.3 Å². The van der Waals surface area contributed by atoms with Gasteiger partial charge in [-0.2, -0.15) is 0 Å². The number of hydrogen-bond acceptors (Lipinski definition) is 3. The van der Waals surface area contributed by atoms with Gasteiger partial charge in [0, 0.05) is 24.4 Å². The van der Waals surface area contributed by atoms with Gasteiger partial charge in [-0.05, 0) is 23.8 Å². The summed E-state index contributed by atoms with van der Waals surface area (Å²) in [5.74, 6) is 0.329. The van der Waals surface area contributed by atoms with Gasteiger partial charge < -0.3 is 20.5 Å². The maximum Gasteiger partial charge on any atom is 0.193 e. The van der Waals surface area contributed by atoms with Crippen LogP contribution < -0.4 is 15.8 Å². The maximum absolute atomic E-state index is 13.4. The summed E-state index contributed by atoms with van der Waals surface area (Å²) in [6, 6.07) is 12.1. The number of methoxy groups -OCH3 is 2. The highest BCUT2D eigenvalue weighted by Gasteiger charge is 2.04. The Morgan fingerprint density at radius 2 is 2.00 bits per heavy atom. The van der Waals surface area contributed by atoms with Crippen LogP contribution in [0.25, 0.3) is 0 Å². The van der Waals surface area contributed by atoms with Gasteiger partial charge in [-0.25, -0.2) is 9.38 Å². The van der Waals surface area contributed by atoms with E-state index in [0.29, 0.717) is 17.9 Å². The van der Waals surface area contributed by atoms with E-state index < -0.39 is 0 Å². The Hall–Kier alpha value is -2.60. The number of benzene rings is 2. The zero-order valence-electron chi connectivity index (χ0n) is 13.2. The van der Waals surface area contributed by atoms with Gasteiger partial charge in [0.15, 0.2) is 5.96 Å². The number of para-hydroxylation sites is 1. The Morgan fingerprint density at radius 1 is 1.22 bits per heavy atom. The van der Waals surface area contributed by atoms with Crippen LogP contribution in [0.5, 0.6) is 5.75 Å². The third-order valence-electron chi connectivity index (χ3n) is 3.18. The predicted molar refractivity (Wildman–Crippen MR) is 89.1 cm³/mol. The lowest BCUT2D eigenvalue weighted by atomic mass is 10.2. The molecule has 0 amide bonds. The van der Waals surface area contributed by atoms with E-state index in [4.69, 9.17) is 15.2 Å². The van der Waals surface area contributed by atoms with E-state index >= 15 is 0 Å². The van der Waals surface area contributed by atoms with Crippen molar-refractivity contribution < 1.29 is 13.9 Å². The van der Waals surface area contributed by atoms with Crippen LogP contribution in [0, 0.1) is 5.82 Å². The fourth-order valence-electron chi connectivity index (χ4n) is 2.11. The molecule has 0 aliphatic carbocycles. The first-order valence-corrected chi connectivity index (χ1v) is 7.09. The summed E-state index contributed by atoms with van der Waals surface area (Å²) in [6.07, 6.45) is 0. The lowest BCUT2D eigenvalue weighted by Crippen LogP contribution is -2.23. The molecule has 0 radical (unpaired) electrons. The summed E-state index contributed by atoms with van der Waals surface area (Å²) < 4.78 is 23.6. The van der Waals surface area contributed by atoms with Crippen LogP contribution >= 0.6 is 0 Å². The lowest BCUT2D eigenvalue weighted by Gasteiger charge is -2.11. The average molecular weight is 317 g/mol. The van der Waals surface area contributed by atoms with Gasteiger partial charge in [-0.15, -0.1) is 0 Å². The van der Waals surface area contributed by atoms with Gasteiger partial charge in [-0.1, -0.05) is 18.2 Å². The van der Waals surface area contributed by atoms with Crippen LogP contribution in [0.15, 0.2) is 47.5 Å². The monoisotopic (exact) mass is 317 g/mol. The minimum Gasteiger partial charge on any atom is -0.497 e. The molecule has 0 fully saturated rings. The molecule has 0 spiro atoms. The highest BCUT2D eigenvalue weighted by Crippen LogP contribution is 2.17. The molecular weight excluding hydrogens is 297 g/mol. The number of guanidine groups is 1. The molecule has 0 saturated carbocycles. The second-order valence-electron chi connectivity index (χ2n) is 4.92. The number of nitrogens with one attached hydrogen (secondary N) is 1. The smallest absolute Gasteiger partial charge is 0.193 e. The zero-order valence-corrected chi connectivity index (χ0v) is 13.2. The Labute approximate surface area is 134 Å². The first kappa shape index (κ1) is 16.8. The number of aliphatic imine (C=N–C) groups is 1. The number of hydrogen-bond donors (Lipinski definition) is 2. The van der Waals surface area contributed by atoms with Crippen LogP contribution in [-0.4, -0.2) is 20.2 Å². The first-order valence-electron chi connectivity index (χ1n) is 7.09.